The fourth-order valence-electron chi connectivity index (χ4n) is 0.972. The monoisotopic (exact) mass is 171 g/mol. The van der Waals surface area contributed by atoms with Crippen molar-refractivity contribution < 1.29 is 4.52 Å². The maximum Gasteiger partial charge on any atom is 0.184 e. The van der Waals surface area contributed by atoms with Crippen molar-refractivity contribution in [3.05, 3.63) is 36.3 Å². The van der Waals surface area contributed by atoms with Gasteiger partial charge in [0, 0.05) is 24.0 Å². The summed E-state index contributed by atoms with van der Waals surface area (Å²) >= 11 is 0. The van der Waals surface area contributed by atoms with Gasteiger partial charge in [-0.15, -0.1) is 0 Å². The smallest absolute Gasteiger partial charge is 0.184 e. The molecule has 0 saturated heterocycles. The molecular weight excluding hydrogens is 166 g/mol. The van der Waals surface area contributed by atoms with Gasteiger partial charge in [-0.1, -0.05) is 5.16 Å². The van der Waals surface area contributed by atoms with Gasteiger partial charge in [0.2, 0.25) is 0 Å². The van der Waals surface area contributed by atoms with Crippen LogP contribution in [-0.2, 0) is 0 Å². The first-order valence-corrected chi connectivity index (χ1v) is 3.67. The van der Waals surface area contributed by atoms with E-state index in [1.165, 1.54) is 0 Å². The molecule has 0 aromatic carbocycles. The molecule has 2 rings (SSSR count). The molecule has 0 fully saturated rings. The quantitative estimate of drug-likeness (QED) is 0.653. The van der Waals surface area contributed by atoms with Crippen molar-refractivity contribution in [3.63, 3.8) is 0 Å². The molecule has 0 aliphatic rings. The zero-order chi connectivity index (χ0) is 9.10. The van der Waals surface area contributed by atoms with Crippen LogP contribution in [0.15, 0.2) is 35.1 Å². The maximum absolute atomic E-state index is 8.51. The van der Waals surface area contributed by atoms with Gasteiger partial charge >= 0.3 is 0 Å². The predicted octanol–water partition coefficient (Wildman–Crippen LogP) is 1.61. The molecule has 2 aromatic rings. The van der Waals surface area contributed by atoms with E-state index in [1.807, 2.05) is 12.1 Å². The van der Waals surface area contributed by atoms with Crippen molar-refractivity contribution in [1.82, 2.24) is 10.1 Å². The lowest BCUT2D eigenvalue weighted by Crippen LogP contribution is -1.74. The zero-order valence-electron chi connectivity index (χ0n) is 6.64. The summed E-state index contributed by atoms with van der Waals surface area (Å²) in [5.74, 6) is 0.560. The molecule has 0 amide bonds. The summed E-state index contributed by atoms with van der Waals surface area (Å²) in [6.45, 7) is 0. The first-order chi connectivity index (χ1) is 6.40. The van der Waals surface area contributed by atoms with Crippen molar-refractivity contribution in [3.8, 4) is 17.4 Å². The van der Waals surface area contributed by atoms with Crippen LogP contribution in [0, 0.1) is 11.3 Å². The topological polar surface area (TPSA) is 62.7 Å². The van der Waals surface area contributed by atoms with E-state index in [4.69, 9.17) is 9.78 Å². The molecule has 0 atom stereocenters. The molecule has 62 valence electrons. The molecule has 0 aliphatic carbocycles. The summed E-state index contributed by atoms with van der Waals surface area (Å²) in [7, 11) is 0. The summed E-state index contributed by atoms with van der Waals surface area (Å²) in [6, 6.07) is 7.11. The molecule has 0 unspecified atom stereocenters. The van der Waals surface area contributed by atoms with Gasteiger partial charge < -0.3 is 4.52 Å². The number of nitrogens with zero attached hydrogens (tertiary/aromatic N) is 3. The van der Waals surface area contributed by atoms with Crippen LogP contribution in [0.4, 0.5) is 0 Å². The highest BCUT2D eigenvalue weighted by atomic mass is 16.5. The molecule has 0 bridgehead atoms. The molecule has 2 heterocycles. The molecule has 0 aliphatic heterocycles. The van der Waals surface area contributed by atoms with E-state index in [1.54, 1.807) is 24.5 Å². The van der Waals surface area contributed by atoms with Crippen LogP contribution in [-0.4, -0.2) is 10.1 Å². The van der Waals surface area contributed by atoms with E-state index in [9.17, 15) is 0 Å². The van der Waals surface area contributed by atoms with Crippen LogP contribution >= 0.6 is 0 Å². The summed E-state index contributed by atoms with van der Waals surface area (Å²) in [4.78, 5) is 3.93. The van der Waals surface area contributed by atoms with Gasteiger partial charge in [0.15, 0.2) is 11.5 Å². The predicted molar refractivity (Wildman–Crippen MR) is 44.4 cm³/mol. The fourth-order valence-corrected chi connectivity index (χ4v) is 0.972. The number of nitriles is 1. The third-order valence-corrected chi connectivity index (χ3v) is 1.57. The normalized spacial score (nSPS) is 9.46. The van der Waals surface area contributed by atoms with E-state index in [0.717, 1.165) is 5.56 Å². The molecule has 0 spiro atoms. The Hall–Kier alpha value is -2.15. The van der Waals surface area contributed by atoms with E-state index in [0.29, 0.717) is 5.76 Å². The van der Waals surface area contributed by atoms with Crippen LogP contribution in [0.1, 0.15) is 5.69 Å². The highest BCUT2D eigenvalue weighted by Crippen LogP contribution is 2.17. The van der Waals surface area contributed by atoms with Crippen molar-refractivity contribution in [2.24, 2.45) is 0 Å². The van der Waals surface area contributed by atoms with Gasteiger partial charge in [0.1, 0.15) is 6.07 Å². The Bertz CT molecular complexity index is 441. The molecule has 0 radical (unpaired) electrons. The average Bonchev–Trinajstić information content (AvgIpc) is 2.67. The second-order valence-electron chi connectivity index (χ2n) is 2.43. The minimum absolute atomic E-state index is 0.277. The Morgan fingerprint density at radius 2 is 2.38 bits per heavy atom. The van der Waals surface area contributed by atoms with Crippen LogP contribution in [0.5, 0.6) is 0 Å². The van der Waals surface area contributed by atoms with Gasteiger partial charge in [-0.05, 0) is 12.1 Å². The average molecular weight is 171 g/mol. The molecule has 0 N–H and O–H groups in total. The maximum atomic E-state index is 8.51. The molecular formula is C9H5N3O. The standard InChI is InChI=1S/C9H5N3O/c10-5-8-4-9(13-12-8)7-2-1-3-11-6-7/h1-4,6H. The molecule has 0 saturated carbocycles. The molecule has 4 nitrogen and oxygen atoms in total. The van der Waals surface area contributed by atoms with Crippen LogP contribution in [0.2, 0.25) is 0 Å². The summed E-state index contributed by atoms with van der Waals surface area (Å²) in [5, 5.41) is 12.1. The third kappa shape index (κ3) is 1.40. The summed E-state index contributed by atoms with van der Waals surface area (Å²) in [6.07, 6.45) is 3.33. The van der Waals surface area contributed by atoms with E-state index < -0.39 is 0 Å². The van der Waals surface area contributed by atoms with Crippen molar-refractivity contribution in [2.45, 2.75) is 0 Å². The second-order valence-corrected chi connectivity index (χ2v) is 2.43. The Kier molecular flexibility index (Phi) is 1.77. The number of hydrogen-bond acceptors (Lipinski definition) is 4. The van der Waals surface area contributed by atoms with Crippen LogP contribution in [0.25, 0.3) is 11.3 Å². The van der Waals surface area contributed by atoms with Crippen molar-refractivity contribution >= 4 is 0 Å². The van der Waals surface area contributed by atoms with E-state index in [-0.39, 0.29) is 5.69 Å². The fraction of sp³-hybridized carbons (Fsp3) is 0. The van der Waals surface area contributed by atoms with Crippen molar-refractivity contribution in [2.75, 3.05) is 0 Å². The van der Waals surface area contributed by atoms with Gasteiger partial charge in [-0.25, -0.2) is 0 Å². The van der Waals surface area contributed by atoms with Crippen LogP contribution in [0.3, 0.4) is 0 Å². The zero-order valence-corrected chi connectivity index (χ0v) is 6.64. The lowest BCUT2D eigenvalue weighted by Gasteiger charge is -1.90. The van der Waals surface area contributed by atoms with Crippen molar-refractivity contribution in [1.29, 1.82) is 5.26 Å². The van der Waals surface area contributed by atoms with Gasteiger partial charge in [0.05, 0.1) is 0 Å². The number of hydrogen-bond donors (Lipinski definition) is 0. The Balaban J connectivity index is 2.43. The lowest BCUT2D eigenvalue weighted by atomic mass is 10.2. The number of aromatic nitrogens is 2. The Morgan fingerprint density at radius 3 is 3.00 bits per heavy atom. The minimum Gasteiger partial charge on any atom is -0.355 e. The Labute approximate surface area is 74.4 Å². The lowest BCUT2D eigenvalue weighted by molar-refractivity contribution is 0.430. The Morgan fingerprint density at radius 1 is 1.46 bits per heavy atom. The van der Waals surface area contributed by atoms with Gasteiger partial charge in [0.25, 0.3) is 0 Å². The number of pyridine rings is 1. The highest BCUT2D eigenvalue weighted by molar-refractivity contribution is 5.56. The van der Waals surface area contributed by atoms with E-state index >= 15 is 0 Å². The highest BCUT2D eigenvalue weighted by Gasteiger charge is 2.04. The minimum atomic E-state index is 0.277. The molecule has 13 heavy (non-hydrogen) atoms. The first kappa shape index (κ1) is 7.50. The number of rotatable bonds is 1. The first-order valence-electron chi connectivity index (χ1n) is 3.67. The van der Waals surface area contributed by atoms with Gasteiger partial charge in [-0.3, -0.25) is 4.98 Å². The van der Waals surface area contributed by atoms with Crippen LogP contribution < -0.4 is 0 Å². The summed E-state index contributed by atoms with van der Waals surface area (Å²) in [5.41, 5.74) is 1.09. The second kappa shape index (κ2) is 3.07. The SMILES string of the molecule is N#Cc1cc(-c2cccnc2)on1. The van der Waals surface area contributed by atoms with E-state index in [2.05, 4.69) is 10.1 Å². The largest absolute Gasteiger partial charge is 0.355 e. The molecule has 2 aromatic heterocycles. The summed E-state index contributed by atoms with van der Waals surface area (Å²) < 4.78 is 4.93. The van der Waals surface area contributed by atoms with Gasteiger partial charge in [-0.2, -0.15) is 5.26 Å². The molecule has 4 heteroatoms. The third-order valence-electron chi connectivity index (χ3n) is 1.57.